The molecule has 1 unspecified atom stereocenters. The van der Waals surface area contributed by atoms with E-state index >= 15 is 0 Å². The van der Waals surface area contributed by atoms with Crippen molar-refractivity contribution in [3.8, 4) is 0 Å². The van der Waals surface area contributed by atoms with Crippen LogP contribution in [0.2, 0.25) is 0 Å². The van der Waals surface area contributed by atoms with Gasteiger partial charge in [0.15, 0.2) is 0 Å². The zero-order valence-corrected chi connectivity index (χ0v) is 12.0. The second-order valence-corrected chi connectivity index (χ2v) is 5.98. The van der Waals surface area contributed by atoms with Crippen molar-refractivity contribution >= 4 is 5.91 Å². The van der Waals surface area contributed by atoms with Crippen LogP contribution in [0.15, 0.2) is 4.63 Å². The van der Waals surface area contributed by atoms with E-state index in [2.05, 4.69) is 20.5 Å². The van der Waals surface area contributed by atoms with Crippen molar-refractivity contribution in [2.75, 3.05) is 13.1 Å². The average molecular weight is 278 g/mol. The van der Waals surface area contributed by atoms with Crippen LogP contribution in [0.5, 0.6) is 0 Å². The van der Waals surface area contributed by atoms with Gasteiger partial charge in [0.25, 0.3) is 0 Å². The highest BCUT2D eigenvalue weighted by molar-refractivity contribution is 5.76. The van der Waals surface area contributed by atoms with Gasteiger partial charge in [-0.25, -0.2) is 4.63 Å². The summed E-state index contributed by atoms with van der Waals surface area (Å²) >= 11 is 0. The summed E-state index contributed by atoms with van der Waals surface area (Å²) in [6, 6.07) is 0.374. The molecule has 0 aromatic carbocycles. The molecule has 6 nitrogen and oxygen atoms in total. The van der Waals surface area contributed by atoms with Crippen LogP contribution in [0.3, 0.4) is 0 Å². The fourth-order valence-corrected chi connectivity index (χ4v) is 2.70. The number of aromatic nitrogens is 2. The van der Waals surface area contributed by atoms with E-state index in [1.165, 1.54) is 12.8 Å². The molecule has 1 aromatic heterocycles. The minimum atomic E-state index is 0.320. The number of likely N-dealkylation sites (tertiary alicyclic amines) is 1. The molecule has 1 aromatic rings. The van der Waals surface area contributed by atoms with Crippen molar-refractivity contribution in [2.24, 2.45) is 5.92 Å². The first-order chi connectivity index (χ1) is 9.72. The largest absolute Gasteiger partial charge is 0.342 e. The molecular formula is C14H22N4O2. The number of nitrogens with zero attached hydrogens (tertiary/aromatic N) is 3. The van der Waals surface area contributed by atoms with E-state index in [0.29, 0.717) is 24.9 Å². The molecule has 2 aliphatic rings. The summed E-state index contributed by atoms with van der Waals surface area (Å²) in [7, 11) is 0. The highest BCUT2D eigenvalue weighted by Gasteiger charge is 2.29. The van der Waals surface area contributed by atoms with Crippen LogP contribution >= 0.6 is 0 Å². The third-order valence-corrected chi connectivity index (χ3v) is 4.29. The number of carbonyl (C=O) groups excluding carboxylic acids is 1. The lowest BCUT2D eigenvalue weighted by Crippen LogP contribution is -2.33. The summed E-state index contributed by atoms with van der Waals surface area (Å²) < 4.78 is 4.69. The van der Waals surface area contributed by atoms with Crippen LogP contribution in [0, 0.1) is 12.8 Å². The van der Waals surface area contributed by atoms with Gasteiger partial charge in [-0.15, -0.1) is 0 Å². The lowest BCUT2D eigenvalue weighted by Gasteiger charge is -2.20. The predicted molar refractivity (Wildman–Crippen MR) is 72.8 cm³/mol. The van der Waals surface area contributed by atoms with Crippen molar-refractivity contribution in [1.82, 2.24) is 20.5 Å². The van der Waals surface area contributed by atoms with Crippen LogP contribution in [0.1, 0.15) is 43.5 Å². The molecule has 1 aliphatic carbocycles. The van der Waals surface area contributed by atoms with Crippen LogP contribution in [-0.2, 0) is 11.3 Å². The number of amides is 1. The number of nitrogens with one attached hydrogen (secondary N) is 1. The minimum Gasteiger partial charge on any atom is -0.342 e. The number of hydrogen-bond acceptors (Lipinski definition) is 5. The molecule has 1 N–H and O–H groups in total. The maximum absolute atomic E-state index is 12.1. The molecule has 0 spiro atoms. The second kappa shape index (κ2) is 5.91. The molecule has 1 atom stereocenters. The maximum atomic E-state index is 12.1. The quantitative estimate of drug-likeness (QED) is 0.878. The van der Waals surface area contributed by atoms with Gasteiger partial charge < -0.3 is 10.2 Å². The number of rotatable bonds is 5. The van der Waals surface area contributed by atoms with Crippen LogP contribution < -0.4 is 5.32 Å². The molecule has 1 aliphatic heterocycles. The Kier molecular flexibility index (Phi) is 4.00. The number of aryl methyl sites for hydroxylation is 1. The van der Waals surface area contributed by atoms with Crippen molar-refractivity contribution in [3.63, 3.8) is 0 Å². The Balaban J connectivity index is 1.48. The summed E-state index contributed by atoms with van der Waals surface area (Å²) in [4.78, 5) is 14.1. The highest BCUT2D eigenvalue weighted by Crippen LogP contribution is 2.30. The van der Waals surface area contributed by atoms with Crippen molar-refractivity contribution in [3.05, 3.63) is 11.4 Å². The molecule has 1 saturated carbocycles. The fraction of sp³-hybridized carbons (Fsp3) is 0.786. The molecule has 20 heavy (non-hydrogen) atoms. The van der Waals surface area contributed by atoms with Gasteiger partial charge in [0.1, 0.15) is 11.4 Å². The topological polar surface area (TPSA) is 71.3 Å². The van der Waals surface area contributed by atoms with E-state index in [1.54, 1.807) is 0 Å². The van der Waals surface area contributed by atoms with Gasteiger partial charge in [-0.1, -0.05) is 10.3 Å². The summed E-state index contributed by atoms with van der Waals surface area (Å²) in [5.41, 5.74) is 1.69. The minimum absolute atomic E-state index is 0.320. The zero-order valence-electron chi connectivity index (χ0n) is 12.0. The van der Waals surface area contributed by atoms with E-state index in [9.17, 15) is 4.79 Å². The van der Waals surface area contributed by atoms with Crippen molar-refractivity contribution in [1.29, 1.82) is 0 Å². The Morgan fingerprint density at radius 1 is 1.30 bits per heavy atom. The Bertz CT molecular complexity index is 469. The van der Waals surface area contributed by atoms with Crippen LogP contribution in [-0.4, -0.2) is 40.3 Å². The number of hydrogen-bond donors (Lipinski definition) is 1. The van der Waals surface area contributed by atoms with Gasteiger partial charge in [0.05, 0.1) is 0 Å². The fourth-order valence-electron chi connectivity index (χ4n) is 2.70. The van der Waals surface area contributed by atoms with Crippen LogP contribution in [0.25, 0.3) is 0 Å². The van der Waals surface area contributed by atoms with Gasteiger partial charge in [-0.3, -0.25) is 4.79 Å². The Hall–Kier alpha value is -1.43. The molecule has 0 bridgehead atoms. The van der Waals surface area contributed by atoms with Gasteiger partial charge >= 0.3 is 0 Å². The summed E-state index contributed by atoms with van der Waals surface area (Å²) in [6.07, 6.45) is 5.17. The molecule has 110 valence electrons. The maximum Gasteiger partial charge on any atom is 0.222 e. The first-order valence-electron chi connectivity index (χ1n) is 7.51. The molecule has 6 heteroatoms. The smallest absolute Gasteiger partial charge is 0.222 e. The van der Waals surface area contributed by atoms with E-state index in [1.807, 2.05) is 6.92 Å². The monoisotopic (exact) mass is 278 g/mol. The molecule has 2 fully saturated rings. The third kappa shape index (κ3) is 3.36. The Labute approximate surface area is 118 Å². The first kappa shape index (κ1) is 13.5. The first-order valence-corrected chi connectivity index (χ1v) is 7.51. The van der Waals surface area contributed by atoms with E-state index in [-0.39, 0.29) is 0 Å². The molecule has 3 rings (SSSR count). The zero-order chi connectivity index (χ0) is 13.9. The van der Waals surface area contributed by atoms with Crippen molar-refractivity contribution < 1.29 is 9.42 Å². The third-order valence-electron chi connectivity index (χ3n) is 4.29. The van der Waals surface area contributed by atoms with E-state index in [4.69, 9.17) is 4.63 Å². The molecule has 0 radical (unpaired) electrons. The van der Waals surface area contributed by atoms with Gasteiger partial charge in [-0.05, 0) is 38.5 Å². The lowest BCUT2D eigenvalue weighted by atomic mass is 10.1. The lowest BCUT2D eigenvalue weighted by molar-refractivity contribution is -0.130. The Morgan fingerprint density at radius 2 is 2.15 bits per heavy atom. The standard InChI is InChI=1S/C14H22N4O2/c1-10-13(17-20-16-10)8-15-12-4-5-14(19)18(7-6-12)9-11-2-3-11/h11-12,15H,2-9H2,1H3. The molecule has 1 amide bonds. The Morgan fingerprint density at radius 3 is 2.85 bits per heavy atom. The van der Waals surface area contributed by atoms with Crippen molar-refractivity contribution in [2.45, 2.75) is 51.6 Å². The predicted octanol–water partition coefficient (Wildman–Crippen LogP) is 1.26. The van der Waals surface area contributed by atoms with E-state index in [0.717, 1.165) is 43.2 Å². The SMILES string of the molecule is Cc1nonc1CNC1CCC(=O)N(CC2CC2)CC1. The summed E-state index contributed by atoms with van der Waals surface area (Å²) in [5.74, 6) is 1.09. The molecular weight excluding hydrogens is 256 g/mol. The van der Waals surface area contributed by atoms with Gasteiger partial charge in [0.2, 0.25) is 5.91 Å². The van der Waals surface area contributed by atoms with Gasteiger partial charge in [-0.2, -0.15) is 0 Å². The molecule has 2 heterocycles. The normalized spacial score (nSPS) is 23.9. The van der Waals surface area contributed by atoms with Gasteiger partial charge in [0, 0.05) is 32.1 Å². The second-order valence-electron chi connectivity index (χ2n) is 5.98. The average Bonchev–Trinajstić information content (AvgIpc) is 3.19. The summed E-state index contributed by atoms with van der Waals surface area (Å²) in [5, 5.41) is 11.1. The molecule has 1 saturated heterocycles. The number of carbonyl (C=O) groups is 1. The highest BCUT2D eigenvalue weighted by atomic mass is 16.6. The van der Waals surface area contributed by atoms with E-state index < -0.39 is 0 Å². The summed E-state index contributed by atoms with van der Waals surface area (Å²) in [6.45, 7) is 4.40. The van der Waals surface area contributed by atoms with Crippen LogP contribution in [0.4, 0.5) is 0 Å².